The molecular weight excluding hydrogens is 146 g/mol. The van der Waals surface area contributed by atoms with Crippen LogP contribution in [0.2, 0.25) is 0 Å². The summed E-state index contributed by atoms with van der Waals surface area (Å²) in [6.07, 6.45) is 0.738. The molecule has 2 N–H and O–H groups in total. The topological polar surface area (TPSA) is 61.5 Å². The minimum Gasteiger partial charge on any atom is -0.469 e. The number of rotatable bonds is 2. The molecule has 0 spiro atoms. The number of carbonyl (C=O) groups excluding carboxylic acids is 1. The van der Waals surface area contributed by atoms with Gasteiger partial charge in [-0.15, -0.1) is 0 Å². The van der Waals surface area contributed by atoms with Crippen molar-refractivity contribution >= 4 is 5.97 Å². The molecule has 0 aromatic heterocycles. The molecule has 0 saturated carbocycles. The summed E-state index contributed by atoms with van der Waals surface area (Å²) in [5, 5.41) is 0. The highest BCUT2D eigenvalue weighted by molar-refractivity contribution is 5.72. The summed E-state index contributed by atoms with van der Waals surface area (Å²) in [7, 11) is 1.39. The van der Waals surface area contributed by atoms with Crippen LogP contribution in [0.4, 0.5) is 0 Å². The Hall–Kier alpha value is -0.610. The van der Waals surface area contributed by atoms with Gasteiger partial charge < -0.3 is 15.2 Å². The largest absolute Gasteiger partial charge is 0.469 e. The molecule has 4 nitrogen and oxygen atoms in total. The highest BCUT2D eigenvalue weighted by Crippen LogP contribution is 2.19. The average molecular weight is 159 g/mol. The van der Waals surface area contributed by atoms with E-state index in [4.69, 9.17) is 10.5 Å². The summed E-state index contributed by atoms with van der Waals surface area (Å²) >= 11 is 0. The maximum absolute atomic E-state index is 10.9. The summed E-state index contributed by atoms with van der Waals surface area (Å²) in [5.41, 5.74) is 5.36. The monoisotopic (exact) mass is 159 g/mol. The molecule has 0 aromatic rings. The van der Waals surface area contributed by atoms with E-state index in [1.165, 1.54) is 7.11 Å². The summed E-state index contributed by atoms with van der Waals surface area (Å²) in [4.78, 5) is 10.9. The molecule has 1 saturated heterocycles. The van der Waals surface area contributed by atoms with Gasteiger partial charge in [-0.3, -0.25) is 4.79 Å². The van der Waals surface area contributed by atoms with Crippen LogP contribution in [-0.4, -0.2) is 32.3 Å². The van der Waals surface area contributed by atoms with E-state index < -0.39 is 0 Å². The van der Waals surface area contributed by atoms with Crippen LogP contribution >= 0.6 is 0 Å². The van der Waals surface area contributed by atoms with Gasteiger partial charge in [-0.25, -0.2) is 0 Å². The minimum atomic E-state index is -0.194. The zero-order chi connectivity index (χ0) is 8.27. The van der Waals surface area contributed by atoms with E-state index in [9.17, 15) is 4.79 Å². The quantitative estimate of drug-likeness (QED) is 0.553. The summed E-state index contributed by atoms with van der Waals surface area (Å²) in [6, 6.07) is 0. The Morgan fingerprint density at radius 1 is 1.82 bits per heavy atom. The van der Waals surface area contributed by atoms with Gasteiger partial charge in [0, 0.05) is 6.54 Å². The molecule has 4 heteroatoms. The Morgan fingerprint density at radius 3 is 3.00 bits per heavy atom. The zero-order valence-electron chi connectivity index (χ0n) is 6.58. The molecule has 1 aliphatic rings. The van der Waals surface area contributed by atoms with Crippen molar-refractivity contribution in [1.29, 1.82) is 0 Å². The van der Waals surface area contributed by atoms with Crippen LogP contribution in [0.5, 0.6) is 0 Å². The fourth-order valence-corrected chi connectivity index (χ4v) is 1.20. The molecule has 0 amide bonds. The molecule has 11 heavy (non-hydrogen) atoms. The van der Waals surface area contributed by atoms with Gasteiger partial charge in [-0.1, -0.05) is 0 Å². The van der Waals surface area contributed by atoms with Gasteiger partial charge in [0.1, 0.15) is 0 Å². The predicted octanol–water partition coefficient (Wildman–Crippen LogP) is -0.477. The Balaban J connectivity index is 2.35. The van der Waals surface area contributed by atoms with Crippen molar-refractivity contribution in [1.82, 2.24) is 0 Å². The van der Waals surface area contributed by atoms with Crippen LogP contribution in [0, 0.1) is 5.92 Å². The van der Waals surface area contributed by atoms with Crippen molar-refractivity contribution in [3.63, 3.8) is 0 Å². The van der Waals surface area contributed by atoms with E-state index in [1.807, 2.05) is 0 Å². The summed E-state index contributed by atoms with van der Waals surface area (Å²) in [5.74, 6) is -0.297. The highest BCUT2D eigenvalue weighted by Gasteiger charge is 2.30. The molecule has 2 atom stereocenters. The number of methoxy groups -OCH3 is 1. The standard InChI is InChI=1S/C7H13NO3/c1-10-7(9)5-2-6(3-8)11-4-5/h5-6H,2-4,8H2,1H3. The molecule has 0 aromatic carbocycles. The fraction of sp³-hybridized carbons (Fsp3) is 0.857. The molecule has 0 bridgehead atoms. The maximum atomic E-state index is 10.9. The van der Waals surface area contributed by atoms with Crippen LogP contribution in [0.3, 0.4) is 0 Å². The van der Waals surface area contributed by atoms with Crippen LogP contribution in [0.25, 0.3) is 0 Å². The van der Waals surface area contributed by atoms with Gasteiger partial charge in [-0.05, 0) is 6.42 Å². The second-order valence-electron chi connectivity index (χ2n) is 2.65. The molecule has 0 aliphatic carbocycles. The fourth-order valence-electron chi connectivity index (χ4n) is 1.20. The molecule has 1 aliphatic heterocycles. The first-order chi connectivity index (χ1) is 5.27. The predicted molar refractivity (Wildman–Crippen MR) is 38.9 cm³/mol. The van der Waals surface area contributed by atoms with E-state index in [0.29, 0.717) is 19.6 Å². The van der Waals surface area contributed by atoms with Crippen LogP contribution < -0.4 is 5.73 Å². The number of carbonyl (C=O) groups is 1. The van der Waals surface area contributed by atoms with Gasteiger partial charge in [0.25, 0.3) is 0 Å². The van der Waals surface area contributed by atoms with Crippen molar-refractivity contribution in [3.8, 4) is 0 Å². The Labute approximate surface area is 65.7 Å². The lowest BCUT2D eigenvalue weighted by molar-refractivity contribution is -0.145. The van der Waals surface area contributed by atoms with E-state index in [-0.39, 0.29) is 18.0 Å². The maximum Gasteiger partial charge on any atom is 0.311 e. The lowest BCUT2D eigenvalue weighted by atomic mass is 10.1. The Kier molecular flexibility index (Phi) is 2.84. The van der Waals surface area contributed by atoms with Crippen molar-refractivity contribution in [3.05, 3.63) is 0 Å². The second kappa shape index (κ2) is 3.69. The lowest BCUT2D eigenvalue weighted by Gasteiger charge is -2.04. The molecule has 1 fully saturated rings. The Bertz CT molecular complexity index is 149. The number of hydrogen-bond donors (Lipinski definition) is 1. The van der Waals surface area contributed by atoms with Gasteiger partial charge >= 0.3 is 5.97 Å². The molecule has 64 valence electrons. The third-order valence-corrected chi connectivity index (χ3v) is 1.88. The van der Waals surface area contributed by atoms with Gasteiger partial charge in [0.2, 0.25) is 0 Å². The number of esters is 1. The van der Waals surface area contributed by atoms with E-state index in [1.54, 1.807) is 0 Å². The first-order valence-electron chi connectivity index (χ1n) is 3.67. The van der Waals surface area contributed by atoms with Crippen molar-refractivity contribution < 1.29 is 14.3 Å². The third kappa shape index (κ3) is 1.91. The van der Waals surface area contributed by atoms with E-state index >= 15 is 0 Å². The Morgan fingerprint density at radius 2 is 2.55 bits per heavy atom. The number of nitrogens with two attached hydrogens (primary N) is 1. The molecule has 1 heterocycles. The summed E-state index contributed by atoms with van der Waals surface area (Å²) < 4.78 is 9.78. The minimum absolute atomic E-state index is 0.0408. The van der Waals surface area contributed by atoms with Crippen LogP contribution in [0.1, 0.15) is 6.42 Å². The average Bonchev–Trinajstić information content (AvgIpc) is 2.50. The molecule has 2 unspecified atom stereocenters. The zero-order valence-corrected chi connectivity index (χ0v) is 6.58. The molecular formula is C7H13NO3. The van der Waals surface area contributed by atoms with Crippen LogP contribution in [0.15, 0.2) is 0 Å². The number of hydrogen-bond acceptors (Lipinski definition) is 4. The third-order valence-electron chi connectivity index (χ3n) is 1.88. The van der Waals surface area contributed by atoms with E-state index in [0.717, 1.165) is 0 Å². The summed E-state index contributed by atoms with van der Waals surface area (Å²) in [6.45, 7) is 0.933. The lowest BCUT2D eigenvalue weighted by Crippen LogP contribution is -2.20. The first kappa shape index (κ1) is 8.49. The number of ether oxygens (including phenoxy) is 2. The van der Waals surface area contributed by atoms with Crippen molar-refractivity contribution in [2.24, 2.45) is 11.7 Å². The van der Waals surface area contributed by atoms with Crippen LogP contribution in [-0.2, 0) is 14.3 Å². The second-order valence-corrected chi connectivity index (χ2v) is 2.65. The molecule has 0 radical (unpaired) electrons. The van der Waals surface area contributed by atoms with E-state index in [2.05, 4.69) is 4.74 Å². The van der Waals surface area contributed by atoms with Gasteiger partial charge in [-0.2, -0.15) is 0 Å². The SMILES string of the molecule is COC(=O)C1COC(CN)C1. The van der Waals surface area contributed by atoms with Gasteiger partial charge in [0.05, 0.1) is 25.7 Å². The van der Waals surface area contributed by atoms with Gasteiger partial charge in [0.15, 0.2) is 0 Å². The smallest absolute Gasteiger partial charge is 0.311 e. The normalized spacial score (nSPS) is 30.4. The highest BCUT2D eigenvalue weighted by atomic mass is 16.5. The van der Waals surface area contributed by atoms with Crippen molar-refractivity contribution in [2.75, 3.05) is 20.3 Å². The molecule has 1 rings (SSSR count). The van der Waals surface area contributed by atoms with Crippen molar-refractivity contribution in [2.45, 2.75) is 12.5 Å². The first-order valence-corrected chi connectivity index (χ1v) is 3.67.